The van der Waals surface area contributed by atoms with Crippen molar-refractivity contribution in [1.82, 2.24) is 0 Å². The molecule has 0 saturated carbocycles. The average Bonchev–Trinajstić information content (AvgIpc) is 2.47. The monoisotopic (exact) mass is 302 g/mol. The Morgan fingerprint density at radius 2 is 1.71 bits per heavy atom. The Kier molecular flexibility index (Phi) is 4.76. The minimum absolute atomic E-state index is 0.0443. The highest BCUT2D eigenvalue weighted by Crippen LogP contribution is 2.18. The van der Waals surface area contributed by atoms with Gasteiger partial charge >= 0.3 is 0 Å². The fourth-order valence-electron chi connectivity index (χ4n) is 1.89. The lowest BCUT2D eigenvalue weighted by Gasteiger charge is -2.14. The fourth-order valence-corrected chi connectivity index (χ4v) is 2.02. The number of rotatable bonds is 5. The number of carbonyl (C=O) groups excluding carboxylic acids is 2. The van der Waals surface area contributed by atoms with E-state index in [1.54, 1.807) is 55.5 Å². The van der Waals surface area contributed by atoms with Crippen LogP contribution in [0.4, 0.5) is 0 Å². The maximum atomic E-state index is 12.2. The van der Waals surface area contributed by atoms with Crippen molar-refractivity contribution in [2.45, 2.75) is 20.0 Å². The van der Waals surface area contributed by atoms with Crippen LogP contribution in [0.15, 0.2) is 48.5 Å². The largest absolute Gasteiger partial charge is 0.483 e. The van der Waals surface area contributed by atoms with Crippen molar-refractivity contribution in [3.05, 3.63) is 64.7 Å². The van der Waals surface area contributed by atoms with Crippen LogP contribution in [0.5, 0.6) is 5.75 Å². The van der Waals surface area contributed by atoms with E-state index in [1.165, 1.54) is 6.92 Å². The highest BCUT2D eigenvalue weighted by atomic mass is 35.5. The molecule has 3 nitrogen and oxygen atoms in total. The summed E-state index contributed by atoms with van der Waals surface area (Å²) in [6.07, 6.45) is -0.645. The Morgan fingerprint density at radius 3 is 2.33 bits per heavy atom. The Bertz CT molecular complexity index is 662. The molecule has 4 heteroatoms. The average molecular weight is 303 g/mol. The van der Waals surface area contributed by atoms with Gasteiger partial charge in [-0.15, -0.1) is 0 Å². The first-order chi connectivity index (χ1) is 9.97. The maximum absolute atomic E-state index is 12.2. The second-order valence-electron chi connectivity index (χ2n) is 4.72. The molecule has 0 heterocycles. The van der Waals surface area contributed by atoms with Crippen molar-refractivity contribution in [3.63, 3.8) is 0 Å². The van der Waals surface area contributed by atoms with E-state index in [2.05, 4.69) is 0 Å². The van der Waals surface area contributed by atoms with E-state index in [-0.39, 0.29) is 11.6 Å². The van der Waals surface area contributed by atoms with Crippen molar-refractivity contribution in [3.8, 4) is 5.75 Å². The first kappa shape index (κ1) is 15.3. The lowest BCUT2D eigenvalue weighted by Crippen LogP contribution is -2.23. The first-order valence-electron chi connectivity index (χ1n) is 6.55. The molecule has 0 fully saturated rings. The number of halogens is 1. The molecule has 0 saturated heterocycles. The third-order valence-corrected chi connectivity index (χ3v) is 3.30. The number of hydrogen-bond acceptors (Lipinski definition) is 3. The number of hydrogen-bond donors (Lipinski definition) is 0. The SMILES string of the molecule is CC(=O)c1cccc(OC(C)C(=O)c2ccc(Cl)cc2)c1. The zero-order valence-corrected chi connectivity index (χ0v) is 12.6. The van der Waals surface area contributed by atoms with E-state index in [0.717, 1.165) is 0 Å². The molecule has 0 aliphatic rings. The standard InChI is InChI=1S/C17H15ClO3/c1-11(19)14-4-3-5-16(10-14)21-12(2)17(20)13-6-8-15(18)9-7-13/h3-10,12H,1-2H3. The second-order valence-corrected chi connectivity index (χ2v) is 5.15. The summed E-state index contributed by atoms with van der Waals surface area (Å²) in [5.41, 5.74) is 1.09. The fraction of sp³-hybridized carbons (Fsp3) is 0.176. The molecule has 0 amide bonds. The summed E-state index contributed by atoms with van der Waals surface area (Å²) in [6, 6.07) is 13.4. The van der Waals surface area contributed by atoms with E-state index in [4.69, 9.17) is 16.3 Å². The van der Waals surface area contributed by atoms with Crippen LogP contribution in [0, 0.1) is 0 Å². The molecule has 0 bridgehead atoms. The molecule has 21 heavy (non-hydrogen) atoms. The smallest absolute Gasteiger partial charge is 0.202 e. The number of benzene rings is 2. The summed E-state index contributed by atoms with van der Waals surface area (Å²) < 4.78 is 5.62. The van der Waals surface area contributed by atoms with Crippen LogP contribution in [-0.2, 0) is 0 Å². The van der Waals surface area contributed by atoms with Crippen molar-refractivity contribution in [1.29, 1.82) is 0 Å². The summed E-state index contributed by atoms with van der Waals surface area (Å²) in [4.78, 5) is 23.6. The van der Waals surface area contributed by atoms with Gasteiger partial charge in [-0.1, -0.05) is 23.7 Å². The molecule has 1 unspecified atom stereocenters. The van der Waals surface area contributed by atoms with E-state index < -0.39 is 6.10 Å². The van der Waals surface area contributed by atoms with Crippen molar-refractivity contribution < 1.29 is 14.3 Å². The predicted molar refractivity (Wildman–Crippen MR) is 82.3 cm³/mol. The van der Waals surface area contributed by atoms with E-state index in [0.29, 0.717) is 21.9 Å². The number of ether oxygens (including phenoxy) is 1. The summed E-state index contributed by atoms with van der Waals surface area (Å²) >= 11 is 5.80. The van der Waals surface area contributed by atoms with Crippen molar-refractivity contribution >= 4 is 23.2 Å². The molecule has 2 aromatic rings. The molecule has 0 aliphatic heterocycles. The maximum Gasteiger partial charge on any atom is 0.202 e. The molecule has 0 aliphatic carbocycles. The van der Waals surface area contributed by atoms with Gasteiger partial charge in [-0.2, -0.15) is 0 Å². The van der Waals surface area contributed by atoms with Gasteiger partial charge in [-0.25, -0.2) is 0 Å². The molecule has 0 N–H and O–H groups in total. The minimum atomic E-state index is -0.645. The molecule has 2 rings (SSSR count). The van der Waals surface area contributed by atoms with Gasteiger partial charge in [0.05, 0.1) is 0 Å². The van der Waals surface area contributed by atoms with E-state index >= 15 is 0 Å². The number of ketones is 2. The first-order valence-corrected chi connectivity index (χ1v) is 6.92. The molecular formula is C17H15ClO3. The molecule has 0 aromatic heterocycles. The normalized spacial score (nSPS) is 11.8. The Hall–Kier alpha value is -2.13. The van der Waals surface area contributed by atoms with Crippen LogP contribution in [0.3, 0.4) is 0 Å². The van der Waals surface area contributed by atoms with Gasteiger partial charge in [-0.05, 0) is 50.2 Å². The molecule has 0 spiro atoms. The van der Waals surface area contributed by atoms with Gasteiger partial charge in [0.15, 0.2) is 11.9 Å². The highest BCUT2D eigenvalue weighted by molar-refractivity contribution is 6.30. The van der Waals surface area contributed by atoms with Crippen LogP contribution < -0.4 is 4.74 Å². The third kappa shape index (κ3) is 3.92. The van der Waals surface area contributed by atoms with Crippen LogP contribution in [0.2, 0.25) is 5.02 Å². The predicted octanol–water partition coefficient (Wildman–Crippen LogP) is 4.19. The number of Topliss-reactive ketones (excluding diaryl/α,β-unsaturated/α-hetero) is 2. The quantitative estimate of drug-likeness (QED) is 0.778. The number of carbonyl (C=O) groups is 2. The molecular weight excluding hydrogens is 288 g/mol. The summed E-state index contributed by atoms with van der Waals surface area (Å²) in [7, 11) is 0. The van der Waals surface area contributed by atoms with Gasteiger partial charge in [0.1, 0.15) is 5.75 Å². The zero-order chi connectivity index (χ0) is 15.4. The van der Waals surface area contributed by atoms with Gasteiger partial charge < -0.3 is 4.74 Å². The van der Waals surface area contributed by atoms with Crippen LogP contribution in [0.25, 0.3) is 0 Å². The molecule has 108 valence electrons. The van der Waals surface area contributed by atoms with Gasteiger partial charge in [0.2, 0.25) is 5.78 Å². The summed E-state index contributed by atoms with van der Waals surface area (Å²) in [6.45, 7) is 3.17. The second kappa shape index (κ2) is 6.55. The van der Waals surface area contributed by atoms with Gasteiger partial charge in [0.25, 0.3) is 0 Å². The molecule has 1 atom stereocenters. The van der Waals surface area contributed by atoms with Gasteiger partial charge in [0, 0.05) is 16.1 Å². The van der Waals surface area contributed by atoms with Crippen LogP contribution in [0.1, 0.15) is 34.6 Å². The topological polar surface area (TPSA) is 43.4 Å². The Morgan fingerprint density at radius 1 is 1.05 bits per heavy atom. The van der Waals surface area contributed by atoms with Crippen molar-refractivity contribution in [2.75, 3.05) is 0 Å². The Labute approximate surface area is 128 Å². The third-order valence-electron chi connectivity index (χ3n) is 3.05. The zero-order valence-electron chi connectivity index (χ0n) is 11.8. The highest BCUT2D eigenvalue weighted by Gasteiger charge is 2.17. The van der Waals surface area contributed by atoms with Crippen LogP contribution in [-0.4, -0.2) is 17.7 Å². The molecule has 2 aromatic carbocycles. The van der Waals surface area contributed by atoms with E-state index in [9.17, 15) is 9.59 Å². The van der Waals surface area contributed by atoms with Gasteiger partial charge in [-0.3, -0.25) is 9.59 Å². The van der Waals surface area contributed by atoms with Crippen molar-refractivity contribution in [2.24, 2.45) is 0 Å². The molecule has 0 radical (unpaired) electrons. The lowest BCUT2D eigenvalue weighted by molar-refractivity contribution is 0.0818. The summed E-state index contributed by atoms with van der Waals surface area (Å²) in [5, 5.41) is 0.578. The summed E-state index contributed by atoms with van der Waals surface area (Å²) in [5.74, 6) is 0.314. The lowest BCUT2D eigenvalue weighted by atomic mass is 10.1. The van der Waals surface area contributed by atoms with E-state index in [1.807, 2.05) is 0 Å². The Balaban J connectivity index is 2.12. The van der Waals surface area contributed by atoms with Crippen LogP contribution >= 0.6 is 11.6 Å². The minimum Gasteiger partial charge on any atom is -0.483 e.